The third kappa shape index (κ3) is 6.37. The van der Waals surface area contributed by atoms with E-state index in [1.807, 2.05) is 56.6 Å². The van der Waals surface area contributed by atoms with E-state index in [0.29, 0.717) is 25.7 Å². The van der Waals surface area contributed by atoms with Gasteiger partial charge in [-0.1, -0.05) is 30.3 Å². The molecule has 0 fully saturated rings. The molecule has 0 amide bonds. The second-order valence-corrected chi connectivity index (χ2v) is 6.07. The Morgan fingerprint density at radius 1 is 1.08 bits per heavy atom. The van der Waals surface area contributed by atoms with Crippen molar-refractivity contribution in [3.8, 4) is 5.75 Å². The summed E-state index contributed by atoms with van der Waals surface area (Å²) in [7, 11) is 5.73. The molecule has 2 aromatic carbocycles. The maximum atomic E-state index is 13.1. The van der Waals surface area contributed by atoms with E-state index >= 15 is 0 Å². The molecule has 0 saturated carbocycles. The van der Waals surface area contributed by atoms with Crippen molar-refractivity contribution in [1.82, 2.24) is 15.5 Å². The van der Waals surface area contributed by atoms with Gasteiger partial charge in [0.15, 0.2) is 5.96 Å². The van der Waals surface area contributed by atoms with Gasteiger partial charge in [0, 0.05) is 13.6 Å². The molecule has 5 nitrogen and oxygen atoms in total. The quantitative estimate of drug-likeness (QED) is 0.433. The average Bonchev–Trinajstić information content (AvgIpc) is 2.65. The van der Waals surface area contributed by atoms with Crippen molar-refractivity contribution in [1.29, 1.82) is 0 Å². The zero-order chi connectivity index (χ0) is 18.8. The van der Waals surface area contributed by atoms with Crippen LogP contribution in [0, 0.1) is 5.82 Å². The van der Waals surface area contributed by atoms with Crippen molar-refractivity contribution in [2.45, 2.75) is 6.04 Å². The number of guanidine groups is 1. The fourth-order valence-electron chi connectivity index (χ4n) is 2.55. The van der Waals surface area contributed by atoms with Crippen LogP contribution in [0.1, 0.15) is 11.6 Å². The minimum Gasteiger partial charge on any atom is -0.492 e. The number of aliphatic imine (C=N–C) groups is 1. The van der Waals surface area contributed by atoms with Crippen molar-refractivity contribution in [3.05, 3.63) is 66.0 Å². The molecule has 140 valence electrons. The first-order valence-electron chi connectivity index (χ1n) is 8.64. The molecule has 26 heavy (non-hydrogen) atoms. The van der Waals surface area contributed by atoms with Crippen LogP contribution >= 0.6 is 0 Å². The number of nitrogens with zero attached hydrogens (tertiary/aromatic N) is 2. The highest BCUT2D eigenvalue weighted by Gasteiger charge is 2.14. The SMILES string of the molecule is CN=C(NCCOc1ccccc1)NCC(c1ccc(F)cc1)N(C)C. The van der Waals surface area contributed by atoms with Crippen LogP contribution in [0.3, 0.4) is 0 Å². The van der Waals surface area contributed by atoms with Gasteiger partial charge < -0.3 is 20.3 Å². The molecule has 0 aromatic heterocycles. The summed E-state index contributed by atoms with van der Waals surface area (Å²) in [6.45, 7) is 1.83. The van der Waals surface area contributed by atoms with Crippen LogP contribution in [-0.4, -0.2) is 51.7 Å². The second kappa shape index (κ2) is 10.4. The summed E-state index contributed by atoms with van der Waals surface area (Å²) in [4.78, 5) is 6.32. The molecule has 1 unspecified atom stereocenters. The van der Waals surface area contributed by atoms with Crippen LogP contribution in [0.4, 0.5) is 4.39 Å². The highest BCUT2D eigenvalue weighted by Crippen LogP contribution is 2.17. The number of nitrogens with one attached hydrogen (secondary N) is 2. The van der Waals surface area contributed by atoms with Crippen LogP contribution in [0.5, 0.6) is 5.75 Å². The molecule has 1 atom stereocenters. The van der Waals surface area contributed by atoms with Gasteiger partial charge in [0.1, 0.15) is 18.2 Å². The predicted molar refractivity (Wildman–Crippen MR) is 104 cm³/mol. The molecule has 2 aromatic rings. The number of hydrogen-bond donors (Lipinski definition) is 2. The third-order valence-electron chi connectivity index (χ3n) is 3.97. The molecular formula is C20H27FN4O. The predicted octanol–water partition coefficient (Wildman–Crippen LogP) is 2.67. The largest absolute Gasteiger partial charge is 0.492 e. The number of ether oxygens (including phenoxy) is 1. The van der Waals surface area contributed by atoms with Crippen LogP contribution in [0.25, 0.3) is 0 Å². The standard InChI is InChI=1S/C20H27FN4O/c1-22-20(23-13-14-26-18-7-5-4-6-8-18)24-15-19(25(2)3)16-9-11-17(21)12-10-16/h4-12,19H,13-15H2,1-3H3,(H2,22,23,24). The number of halogens is 1. The first-order chi connectivity index (χ1) is 12.6. The number of likely N-dealkylation sites (N-methyl/N-ethyl adjacent to an activating group) is 1. The number of para-hydroxylation sites is 1. The van der Waals surface area contributed by atoms with Crippen LogP contribution < -0.4 is 15.4 Å². The zero-order valence-electron chi connectivity index (χ0n) is 15.6. The van der Waals surface area contributed by atoms with E-state index in [4.69, 9.17) is 4.74 Å². The van der Waals surface area contributed by atoms with Gasteiger partial charge in [0.2, 0.25) is 0 Å². The van der Waals surface area contributed by atoms with Gasteiger partial charge in [-0.25, -0.2) is 4.39 Å². The molecule has 6 heteroatoms. The van der Waals surface area contributed by atoms with Gasteiger partial charge in [0.05, 0.1) is 12.6 Å². The fourth-order valence-corrected chi connectivity index (χ4v) is 2.55. The highest BCUT2D eigenvalue weighted by atomic mass is 19.1. The molecule has 0 heterocycles. The Balaban J connectivity index is 1.79. The van der Waals surface area contributed by atoms with Gasteiger partial charge in [-0.15, -0.1) is 0 Å². The lowest BCUT2D eigenvalue weighted by Crippen LogP contribution is -2.43. The number of rotatable bonds is 8. The zero-order valence-corrected chi connectivity index (χ0v) is 15.6. The lowest BCUT2D eigenvalue weighted by atomic mass is 10.1. The summed E-state index contributed by atoms with van der Waals surface area (Å²) in [5.41, 5.74) is 1.05. The maximum absolute atomic E-state index is 13.1. The van der Waals surface area contributed by atoms with Gasteiger partial charge in [-0.2, -0.15) is 0 Å². The second-order valence-electron chi connectivity index (χ2n) is 6.07. The van der Waals surface area contributed by atoms with E-state index in [1.165, 1.54) is 12.1 Å². The lowest BCUT2D eigenvalue weighted by Gasteiger charge is -2.26. The van der Waals surface area contributed by atoms with Crippen molar-refractivity contribution in [2.24, 2.45) is 4.99 Å². The van der Waals surface area contributed by atoms with Gasteiger partial charge in [-0.05, 0) is 43.9 Å². The van der Waals surface area contributed by atoms with E-state index in [-0.39, 0.29) is 11.9 Å². The first kappa shape index (κ1) is 19.7. The Labute approximate surface area is 154 Å². The lowest BCUT2D eigenvalue weighted by molar-refractivity contribution is 0.297. The third-order valence-corrected chi connectivity index (χ3v) is 3.97. The minimum atomic E-state index is -0.227. The topological polar surface area (TPSA) is 48.9 Å². The van der Waals surface area contributed by atoms with Crippen molar-refractivity contribution in [3.63, 3.8) is 0 Å². The molecule has 0 aliphatic carbocycles. The van der Waals surface area contributed by atoms with E-state index in [2.05, 4.69) is 20.5 Å². The summed E-state index contributed by atoms with van der Waals surface area (Å²) in [5, 5.41) is 6.54. The van der Waals surface area contributed by atoms with E-state index < -0.39 is 0 Å². The molecule has 0 radical (unpaired) electrons. The summed E-state index contributed by atoms with van der Waals surface area (Å²) in [5.74, 6) is 1.33. The fraction of sp³-hybridized carbons (Fsp3) is 0.350. The molecule has 0 aliphatic heterocycles. The van der Waals surface area contributed by atoms with Crippen LogP contribution in [0.2, 0.25) is 0 Å². The van der Waals surface area contributed by atoms with Gasteiger partial charge in [0.25, 0.3) is 0 Å². The molecule has 0 aliphatic rings. The van der Waals surface area contributed by atoms with Crippen LogP contribution in [0.15, 0.2) is 59.6 Å². The van der Waals surface area contributed by atoms with Crippen molar-refractivity contribution >= 4 is 5.96 Å². The number of hydrogen-bond acceptors (Lipinski definition) is 3. The van der Waals surface area contributed by atoms with Gasteiger partial charge in [-0.3, -0.25) is 4.99 Å². The smallest absolute Gasteiger partial charge is 0.191 e. The Kier molecular flexibility index (Phi) is 7.89. The number of benzene rings is 2. The van der Waals surface area contributed by atoms with Gasteiger partial charge >= 0.3 is 0 Å². The summed E-state index contributed by atoms with van der Waals surface area (Å²) < 4.78 is 18.8. The average molecular weight is 358 g/mol. The molecular weight excluding hydrogens is 331 g/mol. The molecule has 2 N–H and O–H groups in total. The molecule has 0 saturated heterocycles. The Bertz CT molecular complexity index is 674. The Hall–Kier alpha value is -2.60. The summed E-state index contributed by atoms with van der Waals surface area (Å²) >= 11 is 0. The van der Waals surface area contributed by atoms with Crippen molar-refractivity contribution < 1.29 is 9.13 Å². The first-order valence-corrected chi connectivity index (χ1v) is 8.64. The molecule has 0 bridgehead atoms. The Morgan fingerprint density at radius 2 is 1.77 bits per heavy atom. The summed E-state index contributed by atoms with van der Waals surface area (Å²) in [6.07, 6.45) is 0. The highest BCUT2D eigenvalue weighted by molar-refractivity contribution is 5.79. The molecule has 0 spiro atoms. The van der Waals surface area contributed by atoms with Crippen molar-refractivity contribution in [2.75, 3.05) is 40.8 Å². The minimum absolute atomic E-state index is 0.106. The van der Waals surface area contributed by atoms with E-state index in [9.17, 15) is 4.39 Å². The summed E-state index contributed by atoms with van der Waals surface area (Å²) in [6, 6.07) is 16.4. The van der Waals surface area contributed by atoms with E-state index in [1.54, 1.807) is 7.05 Å². The van der Waals surface area contributed by atoms with Crippen LogP contribution in [-0.2, 0) is 0 Å². The monoisotopic (exact) mass is 358 g/mol. The normalized spacial score (nSPS) is 12.7. The maximum Gasteiger partial charge on any atom is 0.191 e. The Morgan fingerprint density at radius 3 is 2.38 bits per heavy atom. The molecule has 2 rings (SSSR count). The van der Waals surface area contributed by atoms with E-state index in [0.717, 1.165) is 11.3 Å².